The van der Waals surface area contributed by atoms with E-state index in [-0.39, 0.29) is 30.0 Å². The van der Waals surface area contributed by atoms with Crippen molar-refractivity contribution in [2.24, 2.45) is 11.8 Å². The minimum Gasteiger partial charge on any atom is -0.550 e. The van der Waals surface area contributed by atoms with E-state index in [2.05, 4.69) is 0 Å². The van der Waals surface area contributed by atoms with Crippen molar-refractivity contribution in [3.63, 3.8) is 0 Å². The lowest BCUT2D eigenvalue weighted by Gasteiger charge is -2.38. The molecule has 1 aliphatic rings. The molecule has 2 atom stereocenters. The van der Waals surface area contributed by atoms with Crippen molar-refractivity contribution in [1.82, 2.24) is 4.90 Å². The zero-order valence-electron chi connectivity index (χ0n) is 12.0. The van der Waals surface area contributed by atoms with E-state index < -0.39 is 5.97 Å². The molecule has 5 heteroatoms. The number of carbonyl (C=O) groups is 2. The Bertz CT molecular complexity index is 515. The van der Waals surface area contributed by atoms with Gasteiger partial charge in [-0.2, -0.15) is 0 Å². The van der Waals surface area contributed by atoms with E-state index in [0.29, 0.717) is 25.1 Å². The van der Waals surface area contributed by atoms with Crippen molar-refractivity contribution >= 4 is 11.9 Å². The van der Waals surface area contributed by atoms with Crippen LogP contribution in [0.15, 0.2) is 24.3 Å². The number of hydrogen-bond donors (Lipinski definition) is 0. The van der Waals surface area contributed by atoms with Crippen molar-refractivity contribution in [3.8, 4) is 0 Å². The summed E-state index contributed by atoms with van der Waals surface area (Å²) in [6, 6.07) is 5.50. The lowest BCUT2D eigenvalue weighted by Crippen LogP contribution is -2.45. The summed E-state index contributed by atoms with van der Waals surface area (Å²) in [5, 5.41) is 10.8. The Morgan fingerprint density at radius 2 is 1.95 bits per heavy atom. The molecule has 1 saturated heterocycles. The van der Waals surface area contributed by atoms with Crippen LogP contribution in [0.25, 0.3) is 0 Å². The molecule has 0 N–H and O–H groups in total. The maximum Gasteiger partial charge on any atom is 0.253 e. The fourth-order valence-corrected chi connectivity index (χ4v) is 2.99. The molecule has 0 bridgehead atoms. The predicted octanol–water partition coefficient (Wildman–Crippen LogP) is 1.45. The van der Waals surface area contributed by atoms with Gasteiger partial charge < -0.3 is 14.8 Å². The number of rotatable bonds is 4. The topological polar surface area (TPSA) is 60.4 Å². The normalized spacial score (nSPS) is 22.1. The smallest absolute Gasteiger partial charge is 0.253 e. The molecular formula is C16H19FNO3-. The third kappa shape index (κ3) is 3.80. The SMILES string of the molecule is CC[C@H]1CN(C(=O)c2ccc(F)cc2)CC[C@H]1CC(=O)[O-]. The van der Waals surface area contributed by atoms with Gasteiger partial charge in [0.1, 0.15) is 5.82 Å². The van der Waals surface area contributed by atoms with Gasteiger partial charge in [0.15, 0.2) is 0 Å². The van der Waals surface area contributed by atoms with Crippen LogP contribution in [0.5, 0.6) is 0 Å². The van der Waals surface area contributed by atoms with E-state index in [4.69, 9.17) is 0 Å². The van der Waals surface area contributed by atoms with E-state index in [0.717, 1.165) is 6.42 Å². The molecule has 0 aliphatic carbocycles. The van der Waals surface area contributed by atoms with E-state index in [1.807, 2.05) is 6.92 Å². The summed E-state index contributed by atoms with van der Waals surface area (Å²) >= 11 is 0. The number of carboxylic acid groups (broad SMARTS) is 1. The van der Waals surface area contributed by atoms with Gasteiger partial charge in [-0.25, -0.2) is 4.39 Å². The van der Waals surface area contributed by atoms with Crippen LogP contribution in [0, 0.1) is 17.7 Å². The first-order valence-corrected chi connectivity index (χ1v) is 7.26. The molecule has 1 fully saturated rings. The van der Waals surface area contributed by atoms with Crippen LogP contribution in [0.3, 0.4) is 0 Å². The van der Waals surface area contributed by atoms with Crippen molar-refractivity contribution in [1.29, 1.82) is 0 Å². The lowest BCUT2D eigenvalue weighted by molar-refractivity contribution is -0.307. The second-order valence-electron chi connectivity index (χ2n) is 5.55. The van der Waals surface area contributed by atoms with E-state index >= 15 is 0 Å². The molecule has 21 heavy (non-hydrogen) atoms. The molecule has 114 valence electrons. The highest BCUT2D eigenvalue weighted by molar-refractivity contribution is 5.94. The van der Waals surface area contributed by atoms with Crippen LogP contribution >= 0.6 is 0 Å². The number of benzene rings is 1. The van der Waals surface area contributed by atoms with Gasteiger partial charge in [-0.05, 0) is 48.9 Å². The summed E-state index contributed by atoms with van der Waals surface area (Å²) in [5.41, 5.74) is 0.463. The monoisotopic (exact) mass is 292 g/mol. The quantitative estimate of drug-likeness (QED) is 0.844. The molecule has 4 nitrogen and oxygen atoms in total. The summed E-state index contributed by atoms with van der Waals surface area (Å²) in [5.74, 6) is -1.29. The van der Waals surface area contributed by atoms with E-state index in [1.165, 1.54) is 24.3 Å². The molecule has 0 aromatic heterocycles. The minimum absolute atomic E-state index is 0.0527. The molecule has 0 radical (unpaired) electrons. The zero-order valence-corrected chi connectivity index (χ0v) is 12.0. The maximum atomic E-state index is 12.9. The number of likely N-dealkylation sites (tertiary alicyclic amines) is 1. The van der Waals surface area contributed by atoms with Crippen molar-refractivity contribution in [2.75, 3.05) is 13.1 Å². The van der Waals surface area contributed by atoms with Crippen LogP contribution in [0.1, 0.15) is 36.5 Å². The van der Waals surface area contributed by atoms with Gasteiger partial charge in [0.05, 0.1) is 0 Å². The van der Waals surface area contributed by atoms with Gasteiger partial charge in [0.2, 0.25) is 0 Å². The summed E-state index contributed by atoms with van der Waals surface area (Å²) < 4.78 is 12.9. The Morgan fingerprint density at radius 1 is 1.29 bits per heavy atom. The summed E-state index contributed by atoms with van der Waals surface area (Å²) in [6.45, 7) is 3.08. The molecule has 1 aliphatic heterocycles. The van der Waals surface area contributed by atoms with Gasteiger partial charge >= 0.3 is 0 Å². The first kappa shape index (κ1) is 15.5. The van der Waals surface area contributed by atoms with Crippen molar-refractivity contribution in [2.45, 2.75) is 26.2 Å². The summed E-state index contributed by atoms with van der Waals surface area (Å²) in [6.07, 6.45) is 1.54. The highest BCUT2D eigenvalue weighted by Gasteiger charge is 2.30. The number of carboxylic acids is 1. The van der Waals surface area contributed by atoms with E-state index in [9.17, 15) is 19.1 Å². The molecule has 0 spiro atoms. The van der Waals surface area contributed by atoms with Crippen LogP contribution in [-0.2, 0) is 4.79 Å². The number of amides is 1. The van der Waals surface area contributed by atoms with Gasteiger partial charge in [-0.1, -0.05) is 13.3 Å². The Balaban J connectivity index is 2.04. The predicted molar refractivity (Wildman–Crippen MR) is 73.8 cm³/mol. The third-order valence-corrected chi connectivity index (χ3v) is 4.22. The lowest BCUT2D eigenvalue weighted by atomic mass is 9.81. The molecule has 1 amide bonds. The number of piperidine rings is 1. The van der Waals surface area contributed by atoms with E-state index in [1.54, 1.807) is 4.90 Å². The molecule has 2 rings (SSSR count). The average molecular weight is 292 g/mol. The number of halogens is 1. The molecular weight excluding hydrogens is 273 g/mol. The first-order chi connectivity index (χ1) is 10.0. The fraction of sp³-hybridized carbons (Fsp3) is 0.500. The van der Waals surface area contributed by atoms with Crippen LogP contribution in [0.2, 0.25) is 0 Å². The van der Waals surface area contributed by atoms with Crippen molar-refractivity contribution < 1.29 is 19.1 Å². The van der Waals surface area contributed by atoms with Gasteiger partial charge in [0, 0.05) is 24.6 Å². The van der Waals surface area contributed by atoms with Crippen molar-refractivity contribution in [3.05, 3.63) is 35.6 Å². The molecule has 1 aromatic rings. The van der Waals surface area contributed by atoms with Crippen LogP contribution < -0.4 is 5.11 Å². The number of aliphatic carboxylic acids is 1. The molecule has 0 saturated carbocycles. The Hall–Kier alpha value is -1.91. The largest absolute Gasteiger partial charge is 0.550 e. The van der Waals surface area contributed by atoms with Crippen LogP contribution in [0.4, 0.5) is 4.39 Å². The number of hydrogen-bond acceptors (Lipinski definition) is 3. The maximum absolute atomic E-state index is 12.9. The molecule has 1 heterocycles. The first-order valence-electron chi connectivity index (χ1n) is 7.26. The van der Waals surface area contributed by atoms with Gasteiger partial charge in [-0.3, -0.25) is 4.79 Å². The highest BCUT2D eigenvalue weighted by atomic mass is 19.1. The highest BCUT2D eigenvalue weighted by Crippen LogP contribution is 2.29. The summed E-state index contributed by atoms with van der Waals surface area (Å²) in [4.78, 5) is 24.9. The minimum atomic E-state index is -1.03. The third-order valence-electron chi connectivity index (χ3n) is 4.22. The number of carbonyl (C=O) groups excluding carboxylic acids is 2. The number of nitrogens with zero attached hydrogens (tertiary/aromatic N) is 1. The second kappa shape index (κ2) is 6.70. The van der Waals surface area contributed by atoms with Gasteiger partial charge in [-0.15, -0.1) is 0 Å². The average Bonchev–Trinajstić information content (AvgIpc) is 2.47. The Kier molecular flexibility index (Phi) is 4.94. The molecule has 1 aromatic carbocycles. The zero-order chi connectivity index (χ0) is 15.4. The Morgan fingerprint density at radius 3 is 2.52 bits per heavy atom. The second-order valence-corrected chi connectivity index (χ2v) is 5.55. The van der Waals surface area contributed by atoms with Gasteiger partial charge in [0.25, 0.3) is 5.91 Å². The standard InChI is InChI=1S/C16H20FNO3/c1-2-11-10-18(8-7-13(11)9-15(19)20)16(21)12-3-5-14(17)6-4-12/h3-6,11,13H,2,7-10H2,1H3,(H,19,20)/p-1/t11-,13-/m0/s1. The Labute approximate surface area is 123 Å². The molecule has 0 unspecified atom stereocenters. The fourth-order valence-electron chi connectivity index (χ4n) is 2.99. The summed E-state index contributed by atoms with van der Waals surface area (Å²) in [7, 11) is 0. The van der Waals surface area contributed by atoms with Crippen LogP contribution in [-0.4, -0.2) is 29.9 Å².